The first kappa shape index (κ1) is 16.7. The van der Waals surface area contributed by atoms with Crippen molar-refractivity contribution in [3.05, 3.63) is 0 Å². The van der Waals surface area contributed by atoms with Crippen molar-refractivity contribution in [2.24, 2.45) is 9.98 Å². The Morgan fingerprint density at radius 1 is 0.833 bits per heavy atom. The molecule has 0 unspecified atom stereocenters. The lowest BCUT2D eigenvalue weighted by Gasteiger charge is -2.13. The SMILES string of the molecule is O=C=NC(O)(CCCCCCCCCO)N=C=O. The molecule has 0 amide bonds. The van der Waals surface area contributed by atoms with Crippen LogP contribution in [-0.4, -0.2) is 34.8 Å². The van der Waals surface area contributed by atoms with Crippen molar-refractivity contribution in [1.29, 1.82) is 0 Å². The van der Waals surface area contributed by atoms with Gasteiger partial charge in [-0.05, 0) is 12.8 Å². The second-order valence-electron chi connectivity index (χ2n) is 4.13. The summed E-state index contributed by atoms with van der Waals surface area (Å²) in [7, 11) is 0. The van der Waals surface area contributed by atoms with Crippen molar-refractivity contribution in [3.8, 4) is 0 Å². The molecule has 0 spiro atoms. The standard InChI is InChI=1S/C12H20N2O4/c15-9-7-5-3-1-2-4-6-8-12(18,13-10-16)14-11-17/h15,18H,1-9H2. The predicted molar refractivity (Wildman–Crippen MR) is 65.2 cm³/mol. The number of aliphatic hydroxyl groups excluding tert-OH is 1. The van der Waals surface area contributed by atoms with Gasteiger partial charge in [-0.3, -0.25) is 0 Å². The van der Waals surface area contributed by atoms with E-state index in [1.807, 2.05) is 0 Å². The predicted octanol–water partition coefficient (Wildman–Crippen LogP) is 1.42. The summed E-state index contributed by atoms with van der Waals surface area (Å²) in [6.45, 7) is 0.237. The maximum absolute atomic E-state index is 10.1. The molecular weight excluding hydrogens is 236 g/mol. The van der Waals surface area contributed by atoms with Crippen molar-refractivity contribution >= 4 is 12.2 Å². The Morgan fingerprint density at radius 3 is 1.72 bits per heavy atom. The normalized spacial score (nSPS) is 13.2. The minimum Gasteiger partial charge on any atom is -0.396 e. The minimum absolute atomic E-state index is 0.119. The maximum Gasteiger partial charge on any atom is 0.276 e. The molecule has 6 nitrogen and oxygen atoms in total. The molecule has 0 aromatic carbocycles. The van der Waals surface area contributed by atoms with Gasteiger partial charge in [-0.1, -0.05) is 32.1 Å². The number of rotatable bonds is 11. The average Bonchev–Trinajstić information content (AvgIpc) is 2.33. The van der Waals surface area contributed by atoms with Gasteiger partial charge >= 0.3 is 0 Å². The van der Waals surface area contributed by atoms with Gasteiger partial charge in [-0.15, -0.1) is 9.98 Å². The zero-order chi connectivity index (χ0) is 13.7. The highest BCUT2D eigenvalue weighted by atomic mass is 16.3. The summed E-state index contributed by atoms with van der Waals surface area (Å²) in [6.07, 6.45) is 8.98. The summed E-state index contributed by atoms with van der Waals surface area (Å²) in [5.74, 6) is -1.99. The quantitative estimate of drug-likeness (QED) is 0.331. The van der Waals surface area contributed by atoms with Crippen LogP contribution in [0.25, 0.3) is 0 Å². The Morgan fingerprint density at radius 2 is 1.28 bits per heavy atom. The van der Waals surface area contributed by atoms with Gasteiger partial charge in [0.2, 0.25) is 12.2 Å². The van der Waals surface area contributed by atoms with E-state index in [0.29, 0.717) is 6.42 Å². The lowest BCUT2D eigenvalue weighted by atomic mass is 10.1. The molecule has 0 radical (unpaired) electrons. The van der Waals surface area contributed by atoms with Crippen molar-refractivity contribution in [2.45, 2.75) is 57.2 Å². The molecule has 18 heavy (non-hydrogen) atoms. The third-order valence-corrected chi connectivity index (χ3v) is 2.62. The van der Waals surface area contributed by atoms with E-state index < -0.39 is 5.85 Å². The second kappa shape index (κ2) is 10.8. The fourth-order valence-corrected chi connectivity index (χ4v) is 1.64. The first-order chi connectivity index (χ1) is 8.68. The Kier molecular flexibility index (Phi) is 10.0. The Balaban J connectivity index is 3.68. The molecule has 102 valence electrons. The van der Waals surface area contributed by atoms with E-state index in [9.17, 15) is 14.7 Å². The highest BCUT2D eigenvalue weighted by molar-refractivity contribution is 5.37. The van der Waals surface area contributed by atoms with Crippen LogP contribution >= 0.6 is 0 Å². The molecule has 0 saturated heterocycles. The molecule has 0 saturated carbocycles. The molecule has 6 heteroatoms. The van der Waals surface area contributed by atoms with Gasteiger partial charge in [0, 0.05) is 13.0 Å². The number of aliphatic hydroxyl groups is 2. The first-order valence-corrected chi connectivity index (χ1v) is 6.20. The minimum atomic E-state index is -1.99. The summed E-state index contributed by atoms with van der Waals surface area (Å²) < 4.78 is 0. The van der Waals surface area contributed by atoms with Crippen LogP contribution in [-0.2, 0) is 9.59 Å². The van der Waals surface area contributed by atoms with E-state index in [-0.39, 0.29) is 13.0 Å². The highest BCUT2D eigenvalue weighted by Crippen LogP contribution is 2.18. The average molecular weight is 256 g/mol. The topological polar surface area (TPSA) is 99.3 Å². The van der Waals surface area contributed by atoms with Gasteiger partial charge in [0.05, 0.1) is 0 Å². The van der Waals surface area contributed by atoms with Gasteiger partial charge in [0.25, 0.3) is 5.85 Å². The van der Waals surface area contributed by atoms with Crippen LogP contribution in [0, 0.1) is 0 Å². The Bertz CT molecular complexity index is 289. The van der Waals surface area contributed by atoms with E-state index in [4.69, 9.17) is 5.11 Å². The summed E-state index contributed by atoms with van der Waals surface area (Å²) in [4.78, 5) is 26.3. The molecule has 0 aromatic rings. The summed E-state index contributed by atoms with van der Waals surface area (Å²) in [5.41, 5.74) is 0. The summed E-state index contributed by atoms with van der Waals surface area (Å²) in [5, 5.41) is 18.2. The fraction of sp³-hybridized carbons (Fsp3) is 0.833. The van der Waals surface area contributed by atoms with E-state index in [2.05, 4.69) is 9.98 Å². The van der Waals surface area contributed by atoms with Crippen LogP contribution in [0.1, 0.15) is 51.4 Å². The van der Waals surface area contributed by atoms with Crippen molar-refractivity contribution in [3.63, 3.8) is 0 Å². The zero-order valence-electron chi connectivity index (χ0n) is 10.5. The second-order valence-corrected chi connectivity index (χ2v) is 4.13. The molecular formula is C12H20N2O4. The van der Waals surface area contributed by atoms with Gasteiger partial charge < -0.3 is 10.2 Å². The van der Waals surface area contributed by atoms with Crippen molar-refractivity contribution in [2.75, 3.05) is 6.61 Å². The van der Waals surface area contributed by atoms with Gasteiger partial charge in [0.15, 0.2) is 0 Å². The molecule has 2 N–H and O–H groups in total. The number of unbranched alkanes of at least 4 members (excludes halogenated alkanes) is 6. The molecule has 0 heterocycles. The first-order valence-electron chi connectivity index (χ1n) is 6.20. The van der Waals surface area contributed by atoms with E-state index in [0.717, 1.165) is 38.5 Å². The van der Waals surface area contributed by atoms with Crippen molar-refractivity contribution in [1.82, 2.24) is 0 Å². The van der Waals surface area contributed by atoms with Crippen LogP contribution in [0.15, 0.2) is 9.98 Å². The van der Waals surface area contributed by atoms with E-state index in [1.165, 1.54) is 12.2 Å². The number of nitrogens with zero attached hydrogens (tertiary/aromatic N) is 2. The maximum atomic E-state index is 10.1. The van der Waals surface area contributed by atoms with Crippen LogP contribution in [0.3, 0.4) is 0 Å². The van der Waals surface area contributed by atoms with Crippen LogP contribution in [0.5, 0.6) is 0 Å². The largest absolute Gasteiger partial charge is 0.396 e. The molecule has 0 aliphatic carbocycles. The number of carbonyl (C=O) groups excluding carboxylic acids is 2. The fourth-order valence-electron chi connectivity index (χ4n) is 1.64. The Labute approximate surface area is 106 Å². The summed E-state index contributed by atoms with van der Waals surface area (Å²) in [6, 6.07) is 0. The third-order valence-electron chi connectivity index (χ3n) is 2.62. The lowest BCUT2D eigenvalue weighted by molar-refractivity contribution is 0.0475. The van der Waals surface area contributed by atoms with Crippen molar-refractivity contribution < 1.29 is 19.8 Å². The molecule has 0 rings (SSSR count). The number of hydrogen-bond acceptors (Lipinski definition) is 6. The number of hydrogen-bond donors (Lipinski definition) is 2. The van der Waals surface area contributed by atoms with Crippen LogP contribution < -0.4 is 0 Å². The third kappa shape index (κ3) is 8.79. The molecule has 0 aromatic heterocycles. The highest BCUT2D eigenvalue weighted by Gasteiger charge is 2.24. The summed E-state index contributed by atoms with van der Waals surface area (Å²) >= 11 is 0. The van der Waals surface area contributed by atoms with Gasteiger partial charge in [-0.25, -0.2) is 9.59 Å². The van der Waals surface area contributed by atoms with Gasteiger partial charge in [-0.2, -0.15) is 0 Å². The molecule has 0 bridgehead atoms. The van der Waals surface area contributed by atoms with Crippen LogP contribution in [0.2, 0.25) is 0 Å². The molecule has 0 aliphatic rings. The van der Waals surface area contributed by atoms with Crippen LogP contribution in [0.4, 0.5) is 0 Å². The van der Waals surface area contributed by atoms with E-state index >= 15 is 0 Å². The smallest absolute Gasteiger partial charge is 0.276 e. The number of isocyanates is 2. The Hall–Kier alpha value is -1.32. The number of aliphatic imine (C=N–C) groups is 2. The van der Waals surface area contributed by atoms with Gasteiger partial charge in [0.1, 0.15) is 0 Å². The molecule has 0 aliphatic heterocycles. The monoisotopic (exact) mass is 256 g/mol. The van der Waals surface area contributed by atoms with E-state index in [1.54, 1.807) is 0 Å². The lowest BCUT2D eigenvalue weighted by Crippen LogP contribution is -2.22. The molecule has 0 fully saturated rings. The molecule has 0 atom stereocenters. The zero-order valence-corrected chi connectivity index (χ0v) is 10.5.